The quantitative estimate of drug-likeness (QED) is 0.800. The molecule has 0 aliphatic rings. The molecule has 0 aromatic heterocycles. The van der Waals surface area contributed by atoms with Crippen molar-refractivity contribution >= 4 is 22.4 Å². The molecule has 98 valence electrons. The Morgan fingerprint density at radius 3 is 2.74 bits per heavy atom. The second kappa shape index (κ2) is 5.94. The first kappa shape index (κ1) is 13.7. The molecule has 2 aromatic rings. The number of aryl methyl sites for hydroxylation is 1. The van der Waals surface area contributed by atoms with Crippen molar-refractivity contribution in [3.8, 4) is 0 Å². The first-order valence-electron chi connectivity index (χ1n) is 6.36. The molecule has 0 saturated carbocycles. The van der Waals surface area contributed by atoms with Crippen LogP contribution in [0.1, 0.15) is 18.1 Å². The van der Waals surface area contributed by atoms with Crippen LogP contribution in [0.4, 0.5) is 0 Å². The van der Waals surface area contributed by atoms with Gasteiger partial charge in [-0.3, -0.25) is 0 Å². The van der Waals surface area contributed by atoms with Gasteiger partial charge in [-0.2, -0.15) is 0 Å². The summed E-state index contributed by atoms with van der Waals surface area (Å²) in [5, 5.41) is 3.13. The zero-order chi connectivity index (χ0) is 13.8. The molecule has 0 amide bonds. The molecule has 0 aliphatic heterocycles. The summed E-state index contributed by atoms with van der Waals surface area (Å²) in [5.41, 5.74) is 9.38. The number of allylic oxidation sites excluding steroid dienone is 4. The number of halogens is 1. The van der Waals surface area contributed by atoms with Gasteiger partial charge in [0.1, 0.15) is 0 Å². The van der Waals surface area contributed by atoms with E-state index in [0.29, 0.717) is 0 Å². The van der Waals surface area contributed by atoms with Gasteiger partial charge in [0.25, 0.3) is 0 Å². The molecule has 2 heteroatoms. The summed E-state index contributed by atoms with van der Waals surface area (Å²) in [6.45, 7) is 4.10. The molecule has 19 heavy (non-hydrogen) atoms. The van der Waals surface area contributed by atoms with E-state index in [1.807, 2.05) is 43.4 Å². The van der Waals surface area contributed by atoms with Gasteiger partial charge in [0.05, 0.1) is 0 Å². The fourth-order valence-electron chi connectivity index (χ4n) is 2.12. The minimum absolute atomic E-state index is 0.763. The van der Waals surface area contributed by atoms with Gasteiger partial charge in [-0.25, -0.2) is 0 Å². The number of fused-ring (bicyclic) bond motifs is 1. The van der Waals surface area contributed by atoms with Crippen molar-refractivity contribution in [3.05, 3.63) is 70.4 Å². The third-order valence-electron chi connectivity index (χ3n) is 3.15. The van der Waals surface area contributed by atoms with Crippen LogP contribution in [0.15, 0.2) is 54.3 Å². The van der Waals surface area contributed by atoms with E-state index in [0.717, 1.165) is 22.5 Å². The molecular formula is C17H18ClN. The summed E-state index contributed by atoms with van der Waals surface area (Å²) >= 11 is 6.04. The zero-order valence-corrected chi connectivity index (χ0v) is 12.0. The van der Waals surface area contributed by atoms with Crippen LogP contribution < -0.4 is 5.73 Å². The van der Waals surface area contributed by atoms with Crippen molar-refractivity contribution in [3.63, 3.8) is 0 Å². The van der Waals surface area contributed by atoms with E-state index in [4.69, 9.17) is 17.3 Å². The Morgan fingerprint density at radius 2 is 2.00 bits per heavy atom. The number of rotatable bonds is 3. The van der Waals surface area contributed by atoms with Crippen LogP contribution in [-0.2, 0) is 6.42 Å². The molecule has 0 radical (unpaired) electrons. The third-order valence-corrected chi connectivity index (χ3v) is 3.39. The average Bonchev–Trinajstić information content (AvgIpc) is 2.38. The normalized spacial score (nSPS) is 12.5. The summed E-state index contributed by atoms with van der Waals surface area (Å²) < 4.78 is 0. The Kier molecular flexibility index (Phi) is 4.28. The van der Waals surface area contributed by atoms with Gasteiger partial charge in [-0.05, 0) is 54.0 Å². The lowest BCUT2D eigenvalue weighted by Gasteiger charge is -2.09. The van der Waals surface area contributed by atoms with Crippen LogP contribution in [0.2, 0.25) is 5.02 Å². The fraction of sp³-hybridized carbons (Fsp3) is 0.176. The Morgan fingerprint density at radius 1 is 1.21 bits per heavy atom. The summed E-state index contributed by atoms with van der Waals surface area (Å²) in [6.07, 6.45) is 6.64. The molecule has 0 saturated heterocycles. The Balaban J connectivity index is 2.40. The van der Waals surface area contributed by atoms with Gasteiger partial charge in [-0.1, -0.05) is 42.0 Å². The van der Waals surface area contributed by atoms with Crippen LogP contribution in [0, 0.1) is 6.92 Å². The third kappa shape index (κ3) is 3.39. The van der Waals surface area contributed by atoms with Crippen molar-refractivity contribution in [2.75, 3.05) is 0 Å². The molecule has 0 bridgehead atoms. The van der Waals surface area contributed by atoms with Crippen LogP contribution in [0.5, 0.6) is 0 Å². The second-order valence-electron chi connectivity index (χ2n) is 4.71. The minimum atomic E-state index is 0.763. The molecule has 0 spiro atoms. The largest absolute Gasteiger partial charge is 0.402 e. The van der Waals surface area contributed by atoms with E-state index in [1.165, 1.54) is 16.5 Å². The van der Waals surface area contributed by atoms with E-state index in [1.54, 1.807) is 0 Å². The van der Waals surface area contributed by atoms with Gasteiger partial charge in [0.15, 0.2) is 0 Å². The fourth-order valence-corrected chi connectivity index (χ4v) is 2.30. The molecule has 0 fully saturated rings. The predicted molar refractivity (Wildman–Crippen MR) is 84.5 cm³/mol. The molecule has 2 aromatic carbocycles. The highest BCUT2D eigenvalue weighted by Crippen LogP contribution is 2.24. The molecule has 1 nitrogen and oxygen atoms in total. The van der Waals surface area contributed by atoms with Gasteiger partial charge < -0.3 is 5.73 Å². The maximum absolute atomic E-state index is 6.04. The molecule has 0 heterocycles. The standard InChI is InChI=1S/C17H18ClN/c1-3-4-5-17(19)11-14-9-15-10-16(18)7-6-13(15)8-12(14)2/h3-10H,11,19H2,1-2H3/b4-3-,17-5+. The van der Waals surface area contributed by atoms with E-state index in [2.05, 4.69) is 19.1 Å². The summed E-state index contributed by atoms with van der Waals surface area (Å²) in [4.78, 5) is 0. The van der Waals surface area contributed by atoms with Crippen LogP contribution in [0.3, 0.4) is 0 Å². The molecule has 0 aliphatic carbocycles. The molecule has 2 rings (SSSR count). The summed E-state index contributed by atoms with van der Waals surface area (Å²) in [6, 6.07) is 10.3. The highest BCUT2D eigenvalue weighted by Gasteiger charge is 2.03. The zero-order valence-electron chi connectivity index (χ0n) is 11.3. The maximum atomic E-state index is 6.04. The lowest BCUT2D eigenvalue weighted by Crippen LogP contribution is -2.02. The summed E-state index contributed by atoms with van der Waals surface area (Å²) in [7, 11) is 0. The lowest BCUT2D eigenvalue weighted by atomic mass is 9.98. The Bertz CT molecular complexity index is 654. The van der Waals surface area contributed by atoms with E-state index < -0.39 is 0 Å². The number of hydrogen-bond donors (Lipinski definition) is 1. The lowest BCUT2D eigenvalue weighted by molar-refractivity contribution is 1.09. The average molecular weight is 272 g/mol. The Hall–Kier alpha value is -1.73. The molecule has 0 atom stereocenters. The van der Waals surface area contributed by atoms with Gasteiger partial charge in [-0.15, -0.1) is 0 Å². The van der Waals surface area contributed by atoms with Crippen molar-refractivity contribution < 1.29 is 0 Å². The first-order valence-corrected chi connectivity index (χ1v) is 6.74. The van der Waals surface area contributed by atoms with Crippen molar-refractivity contribution in [2.24, 2.45) is 5.73 Å². The topological polar surface area (TPSA) is 26.0 Å². The maximum Gasteiger partial charge on any atom is 0.0412 e. The number of benzene rings is 2. The van der Waals surface area contributed by atoms with Crippen LogP contribution in [-0.4, -0.2) is 0 Å². The summed E-state index contributed by atoms with van der Waals surface area (Å²) in [5.74, 6) is 0. The highest BCUT2D eigenvalue weighted by molar-refractivity contribution is 6.31. The van der Waals surface area contributed by atoms with Gasteiger partial charge in [0.2, 0.25) is 0 Å². The van der Waals surface area contributed by atoms with Crippen molar-refractivity contribution in [1.29, 1.82) is 0 Å². The van der Waals surface area contributed by atoms with E-state index in [-0.39, 0.29) is 0 Å². The van der Waals surface area contributed by atoms with Crippen molar-refractivity contribution in [1.82, 2.24) is 0 Å². The monoisotopic (exact) mass is 271 g/mol. The molecule has 0 unspecified atom stereocenters. The van der Waals surface area contributed by atoms with E-state index in [9.17, 15) is 0 Å². The number of nitrogens with two attached hydrogens (primary N) is 1. The van der Waals surface area contributed by atoms with Crippen LogP contribution >= 0.6 is 11.6 Å². The predicted octanol–water partition coefficient (Wildman–Crippen LogP) is 4.76. The van der Waals surface area contributed by atoms with Crippen molar-refractivity contribution in [2.45, 2.75) is 20.3 Å². The second-order valence-corrected chi connectivity index (χ2v) is 5.15. The van der Waals surface area contributed by atoms with Gasteiger partial charge >= 0.3 is 0 Å². The van der Waals surface area contributed by atoms with E-state index >= 15 is 0 Å². The SMILES string of the molecule is C/C=C\C=C(\N)Cc1cc2cc(Cl)ccc2cc1C. The Labute approximate surface area is 119 Å². The number of hydrogen-bond acceptors (Lipinski definition) is 1. The first-order chi connectivity index (χ1) is 9.10. The minimum Gasteiger partial charge on any atom is -0.402 e. The molecule has 2 N–H and O–H groups in total. The molecular weight excluding hydrogens is 254 g/mol. The smallest absolute Gasteiger partial charge is 0.0412 e. The van der Waals surface area contributed by atoms with Gasteiger partial charge in [0, 0.05) is 17.1 Å². The van der Waals surface area contributed by atoms with Crippen LogP contribution in [0.25, 0.3) is 10.8 Å². The highest BCUT2D eigenvalue weighted by atomic mass is 35.5.